The summed E-state index contributed by atoms with van der Waals surface area (Å²) < 4.78 is 16.7. The highest BCUT2D eigenvalue weighted by atomic mass is 16.6. The predicted molar refractivity (Wildman–Crippen MR) is 279 cm³/mol. The standard InChI is InChI=1S/C59H96O6/c1-4-7-10-13-16-19-22-24-26-28-29-31-32-34-37-40-43-46-49-52-58(61)64-55-56(54-63-57(60)51-48-45-42-39-36-21-18-15-12-9-6-3)65-59(62)53-50-47-44-41-38-35-33-30-27-25-23-20-17-14-11-8-5-2/h7-8,10-11,16-17,19-20,24-27,29,31,34,37,43,46,56H,4-6,9,12-15,18,21-23,28,30,32-33,35-36,38-42,44-45,47-55H2,1-3H3/b10-7-,11-8-,19-16-,20-17-,26-24-,27-25-,31-29-,37-34-,46-43-. The highest BCUT2D eigenvalue weighted by Gasteiger charge is 2.19. The van der Waals surface area contributed by atoms with E-state index in [4.69, 9.17) is 14.2 Å². The normalized spacial score (nSPS) is 13.0. The number of allylic oxidation sites excluding steroid dienone is 18. The minimum Gasteiger partial charge on any atom is -0.462 e. The SMILES string of the molecule is CC/C=C\C/C=C\C/C=C\C/C=C\C/C=C\C/C=C\CCC(=O)OCC(COC(=O)CCCCCCCCCCCCC)OC(=O)CCCCCCCCC/C=C\C/C=C\C/C=C\CC. The molecule has 0 heterocycles. The Hall–Kier alpha value is -3.93. The third-order valence-corrected chi connectivity index (χ3v) is 10.8. The summed E-state index contributed by atoms with van der Waals surface area (Å²) in [5.74, 6) is -1.01. The van der Waals surface area contributed by atoms with Crippen LogP contribution < -0.4 is 0 Å². The molecule has 0 aliphatic carbocycles. The van der Waals surface area contributed by atoms with Gasteiger partial charge in [-0.3, -0.25) is 14.4 Å². The molecule has 0 aliphatic heterocycles. The molecule has 65 heavy (non-hydrogen) atoms. The van der Waals surface area contributed by atoms with E-state index in [9.17, 15) is 14.4 Å². The first kappa shape index (κ1) is 61.1. The van der Waals surface area contributed by atoms with E-state index in [2.05, 4.69) is 124 Å². The van der Waals surface area contributed by atoms with Crippen LogP contribution in [0.25, 0.3) is 0 Å². The molecule has 368 valence electrons. The lowest BCUT2D eigenvalue weighted by atomic mass is 10.1. The van der Waals surface area contributed by atoms with Crippen molar-refractivity contribution in [2.45, 2.75) is 232 Å². The maximum absolute atomic E-state index is 12.8. The molecule has 0 spiro atoms. The quantitative estimate of drug-likeness (QED) is 0.0262. The van der Waals surface area contributed by atoms with Crippen molar-refractivity contribution in [1.29, 1.82) is 0 Å². The summed E-state index contributed by atoms with van der Waals surface area (Å²) in [6.07, 6.45) is 70.8. The summed E-state index contributed by atoms with van der Waals surface area (Å²) >= 11 is 0. The van der Waals surface area contributed by atoms with Crippen molar-refractivity contribution >= 4 is 17.9 Å². The molecule has 0 aromatic heterocycles. The van der Waals surface area contributed by atoms with Crippen LogP contribution in [-0.4, -0.2) is 37.2 Å². The van der Waals surface area contributed by atoms with Gasteiger partial charge < -0.3 is 14.2 Å². The van der Waals surface area contributed by atoms with Gasteiger partial charge in [-0.25, -0.2) is 0 Å². The number of rotatable bonds is 46. The smallest absolute Gasteiger partial charge is 0.306 e. The van der Waals surface area contributed by atoms with Crippen LogP contribution in [0.4, 0.5) is 0 Å². The lowest BCUT2D eigenvalue weighted by molar-refractivity contribution is -0.166. The van der Waals surface area contributed by atoms with Crippen LogP contribution in [0.5, 0.6) is 0 Å². The Kier molecular flexibility index (Phi) is 49.5. The molecule has 6 nitrogen and oxygen atoms in total. The molecule has 0 rings (SSSR count). The monoisotopic (exact) mass is 901 g/mol. The third kappa shape index (κ3) is 50.9. The predicted octanol–water partition coefficient (Wildman–Crippen LogP) is 17.5. The van der Waals surface area contributed by atoms with E-state index in [0.717, 1.165) is 103 Å². The van der Waals surface area contributed by atoms with E-state index in [0.29, 0.717) is 19.3 Å². The number of carbonyl (C=O) groups is 3. The Morgan fingerprint density at radius 1 is 0.323 bits per heavy atom. The van der Waals surface area contributed by atoms with Gasteiger partial charge in [0.2, 0.25) is 0 Å². The second kappa shape index (κ2) is 52.7. The zero-order valence-corrected chi connectivity index (χ0v) is 42.0. The van der Waals surface area contributed by atoms with Crippen LogP contribution in [0.1, 0.15) is 226 Å². The summed E-state index contributed by atoms with van der Waals surface area (Å²) in [7, 11) is 0. The second-order valence-corrected chi connectivity index (χ2v) is 17.0. The summed E-state index contributed by atoms with van der Waals surface area (Å²) in [5, 5.41) is 0. The third-order valence-electron chi connectivity index (χ3n) is 10.8. The minimum atomic E-state index is -0.813. The van der Waals surface area contributed by atoms with E-state index >= 15 is 0 Å². The fraction of sp³-hybridized carbons (Fsp3) is 0.644. The lowest BCUT2D eigenvalue weighted by Gasteiger charge is -2.18. The first-order chi connectivity index (χ1) is 32.0. The summed E-state index contributed by atoms with van der Waals surface area (Å²) in [6.45, 7) is 6.32. The van der Waals surface area contributed by atoms with Gasteiger partial charge in [-0.1, -0.05) is 226 Å². The topological polar surface area (TPSA) is 78.9 Å². The molecule has 0 saturated heterocycles. The van der Waals surface area contributed by atoms with E-state index in [1.54, 1.807) is 0 Å². The van der Waals surface area contributed by atoms with Gasteiger partial charge in [-0.05, 0) is 89.9 Å². The van der Waals surface area contributed by atoms with Gasteiger partial charge in [-0.2, -0.15) is 0 Å². The molecule has 0 bridgehead atoms. The minimum absolute atomic E-state index is 0.106. The number of esters is 3. The van der Waals surface area contributed by atoms with Gasteiger partial charge in [0.1, 0.15) is 13.2 Å². The van der Waals surface area contributed by atoms with Crippen molar-refractivity contribution in [3.63, 3.8) is 0 Å². The van der Waals surface area contributed by atoms with Crippen molar-refractivity contribution in [3.05, 3.63) is 109 Å². The van der Waals surface area contributed by atoms with Gasteiger partial charge in [-0.15, -0.1) is 0 Å². The molecule has 0 aromatic rings. The van der Waals surface area contributed by atoms with Crippen molar-refractivity contribution in [2.75, 3.05) is 13.2 Å². The van der Waals surface area contributed by atoms with E-state index in [1.165, 1.54) is 77.0 Å². The number of carbonyl (C=O) groups excluding carboxylic acids is 3. The summed E-state index contributed by atoms with van der Waals surface area (Å²) in [4.78, 5) is 38.0. The molecular formula is C59H96O6. The molecule has 0 radical (unpaired) electrons. The number of unbranched alkanes of at least 4 members (excludes halogenated alkanes) is 17. The second-order valence-electron chi connectivity index (χ2n) is 17.0. The molecule has 0 aliphatic rings. The van der Waals surface area contributed by atoms with Gasteiger partial charge in [0.25, 0.3) is 0 Å². The van der Waals surface area contributed by atoms with Crippen molar-refractivity contribution in [2.24, 2.45) is 0 Å². The molecule has 6 heteroatoms. The number of hydrogen-bond donors (Lipinski definition) is 0. The van der Waals surface area contributed by atoms with E-state index in [-0.39, 0.29) is 37.5 Å². The van der Waals surface area contributed by atoms with Crippen LogP contribution in [0, 0.1) is 0 Å². The van der Waals surface area contributed by atoms with Gasteiger partial charge in [0.15, 0.2) is 6.10 Å². The van der Waals surface area contributed by atoms with Gasteiger partial charge >= 0.3 is 17.9 Å². The zero-order valence-electron chi connectivity index (χ0n) is 42.0. The Morgan fingerprint density at radius 3 is 1.03 bits per heavy atom. The van der Waals surface area contributed by atoms with Crippen LogP contribution in [0.2, 0.25) is 0 Å². The number of hydrogen-bond acceptors (Lipinski definition) is 6. The molecule has 0 N–H and O–H groups in total. The Morgan fingerprint density at radius 2 is 0.631 bits per heavy atom. The van der Waals surface area contributed by atoms with Gasteiger partial charge in [0.05, 0.1) is 0 Å². The summed E-state index contributed by atoms with van der Waals surface area (Å²) in [6, 6.07) is 0. The molecular weight excluding hydrogens is 805 g/mol. The Bertz CT molecular complexity index is 1360. The maximum atomic E-state index is 12.8. The van der Waals surface area contributed by atoms with Crippen LogP contribution in [0.3, 0.4) is 0 Å². The molecule has 0 amide bonds. The van der Waals surface area contributed by atoms with Crippen LogP contribution in [0.15, 0.2) is 109 Å². The average molecular weight is 901 g/mol. The highest BCUT2D eigenvalue weighted by molar-refractivity contribution is 5.71. The molecule has 0 fully saturated rings. The van der Waals surface area contributed by atoms with Crippen molar-refractivity contribution in [3.8, 4) is 0 Å². The van der Waals surface area contributed by atoms with Crippen molar-refractivity contribution in [1.82, 2.24) is 0 Å². The Balaban J connectivity index is 4.50. The molecule has 1 unspecified atom stereocenters. The molecule has 0 aromatic carbocycles. The average Bonchev–Trinajstić information content (AvgIpc) is 3.30. The Labute approximate surface area is 400 Å². The van der Waals surface area contributed by atoms with Crippen molar-refractivity contribution < 1.29 is 28.6 Å². The maximum Gasteiger partial charge on any atom is 0.306 e. The van der Waals surface area contributed by atoms with Gasteiger partial charge in [0, 0.05) is 19.3 Å². The van der Waals surface area contributed by atoms with E-state index in [1.807, 2.05) is 6.08 Å². The largest absolute Gasteiger partial charge is 0.462 e. The fourth-order valence-corrected chi connectivity index (χ4v) is 6.89. The lowest BCUT2D eigenvalue weighted by Crippen LogP contribution is -2.30. The molecule has 1 atom stereocenters. The zero-order chi connectivity index (χ0) is 47.2. The van der Waals surface area contributed by atoms with E-state index < -0.39 is 6.10 Å². The fourth-order valence-electron chi connectivity index (χ4n) is 6.89. The summed E-state index contributed by atoms with van der Waals surface area (Å²) in [5.41, 5.74) is 0. The van der Waals surface area contributed by atoms with Crippen LogP contribution in [-0.2, 0) is 28.6 Å². The molecule has 0 saturated carbocycles. The first-order valence-corrected chi connectivity index (χ1v) is 26.4. The first-order valence-electron chi connectivity index (χ1n) is 26.4. The number of ether oxygens (including phenoxy) is 3. The highest BCUT2D eigenvalue weighted by Crippen LogP contribution is 2.14. The van der Waals surface area contributed by atoms with Crippen LogP contribution >= 0.6 is 0 Å².